The Bertz CT molecular complexity index is 835. The number of thiol groups is 1. The van der Waals surface area contributed by atoms with Crippen molar-refractivity contribution in [2.24, 2.45) is 0 Å². The maximum atomic E-state index is 12.7. The summed E-state index contributed by atoms with van der Waals surface area (Å²) in [5.74, 6) is -0.481. The van der Waals surface area contributed by atoms with Crippen LogP contribution in [0.4, 0.5) is 13.2 Å². The number of benzene rings is 1. The van der Waals surface area contributed by atoms with Crippen LogP contribution in [0.5, 0.6) is 0 Å². The highest BCUT2D eigenvalue weighted by atomic mass is 32.1. The van der Waals surface area contributed by atoms with Crippen molar-refractivity contribution in [1.82, 2.24) is 14.5 Å². The molecule has 0 fully saturated rings. The minimum atomic E-state index is -4.36. The van der Waals surface area contributed by atoms with Crippen molar-refractivity contribution in [3.05, 3.63) is 54.6 Å². The Balaban J connectivity index is 0.000000368. The van der Waals surface area contributed by atoms with Crippen LogP contribution >= 0.6 is 12.6 Å². The fraction of sp³-hybridized carbons (Fsp3) is 0.133. The predicted molar refractivity (Wildman–Crippen MR) is 85.4 cm³/mol. The van der Waals surface area contributed by atoms with E-state index in [2.05, 4.69) is 22.6 Å². The second-order valence-electron chi connectivity index (χ2n) is 4.57. The maximum Gasteiger partial charge on any atom is 0.416 e. The second-order valence-corrected chi connectivity index (χ2v) is 4.89. The number of fused-ring (bicyclic) bond motifs is 1. The Hall–Kier alpha value is -2.55. The van der Waals surface area contributed by atoms with Crippen LogP contribution in [-0.2, 0) is 11.0 Å². The van der Waals surface area contributed by atoms with E-state index >= 15 is 0 Å². The van der Waals surface area contributed by atoms with Crippen LogP contribution < -0.4 is 0 Å². The number of aliphatic carboxylic acids is 1. The van der Waals surface area contributed by atoms with Gasteiger partial charge in [0.05, 0.1) is 23.0 Å². The van der Waals surface area contributed by atoms with Crippen LogP contribution in [0.2, 0.25) is 0 Å². The first kappa shape index (κ1) is 17.8. The molecule has 0 aliphatic heterocycles. The lowest BCUT2D eigenvalue weighted by molar-refractivity contribution is -0.137. The van der Waals surface area contributed by atoms with Gasteiger partial charge >= 0.3 is 12.1 Å². The zero-order valence-corrected chi connectivity index (χ0v) is 13.0. The first-order valence-electron chi connectivity index (χ1n) is 6.60. The first-order valence-corrected chi connectivity index (χ1v) is 7.23. The standard InChI is InChI=1S/C13H8F3N3.C2H4O2S/c14-13(15,16)10-2-1-9-3-6-19(11(9)7-10)12-8-17-4-5-18-12;3-2(4)1-5/h1-8H;5H,1H2,(H,3,4). The number of nitrogens with zero attached hydrogens (tertiary/aromatic N) is 3. The number of hydrogen-bond donors (Lipinski definition) is 2. The number of carboxylic acid groups (broad SMARTS) is 1. The molecule has 1 aromatic carbocycles. The summed E-state index contributed by atoms with van der Waals surface area (Å²) < 4.78 is 39.7. The number of halogens is 3. The molecule has 2 aromatic heterocycles. The first-order chi connectivity index (χ1) is 11.3. The number of rotatable bonds is 2. The summed E-state index contributed by atoms with van der Waals surface area (Å²) in [7, 11) is 0. The van der Waals surface area contributed by atoms with Gasteiger partial charge in [0.1, 0.15) is 0 Å². The highest BCUT2D eigenvalue weighted by Crippen LogP contribution is 2.32. The number of aromatic nitrogens is 3. The molecule has 3 rings (SSSR count). The summed E-state index contributed by atoms with van der Waals surface area (Å²) in [6.07, 6.45) is 1.82. The molecule has 9 heteroatoms. The third kappa shape index (κ3) is 4.25. The van der Waals surface area contributed by atoms with E-state index in [0.29, 0.717) is 11.3 Å². The van der Waals surface area contributed by atoms with E-state index in [0.717, 1.165) is 17.5 Å². The van der Waals surface area contributed by atoms with Gasteiger partial charge in [0.25, 0.3) is 0 Å². The van der Waals surface area contributed by atoms with Crippen LogP contribution in [0.3, 0.4) is 0 Å². The molecule has 1 N–H and O–H groups in total. The van der Waals surface area contributed by atoms with Crippen molar-refractivity contribution in [2.45, 2.75) is 6.18 Å². The van der Waals surface area contributed by atoms with Crippen molar-refractivity contribution < 1.29 is 23.1 Å². The normalized spacial score (nSPS) is 11.0. The summed E-state index contributed by atoms with van der Waals surface area (Å²) in [5.41, 5.74) is -0.223. The molecule has 24 heavy (non-hydrogen) atoms. The average molecular weight is 355 g/mol. The Morgan fingerprint density at radius 3 is 2.50 bits per heavy atom. The Kier molecular flexibility index (Phi) is 5.45. The van der Waals surface area contributed by atoms with Gasteiger partial charge in [-0.2, -0.15) is 25.8 Å². The third-order valence-corrected chi connectivity index (χ3v) is 3.22. The van der Waals surface area contributed by atoms with Gasteiger partial charge in [0.2, 0.25) is 0 Å². The molecule has 3 aromatic rings. The molecule has 0 unspecified atom stereocenters. The molecule has 5 nitrogen and oxygen atoms in total. The molecule has 0 bridgehead atoms. The number of carboxylic acids is 1. The van der Waals surface area contributed by atoms with Gasteiger partial charge < -0.3 is 5.11 Å². The van der Waals surface area contributed by atoms with Crippen molar-refractivity contribution >= 4 is 29.5 Å². The van der Waals surface area contributed by atoms with Gasteiger partial charge in [0, 0.05) is 24.0 Å². The van der Waals surface area contributed by atoms with Gasteiger partial charge in [-0.3, -0.25) is 14.3 Å². The fourth-order valence-electron chi connectivity index (χ4n) is 1.92. The van der Waals surface area contributed by atoms with E-state index in [-0.39, 0.29) is 5.75 Å². The number of alkyl halides is 3. The second kappa shape index (κ2) is 7.35. The molecule has 0 saturated heterocycles. The molecular weight excluding hydrogens is 343 g/mol. The quantitative estimate of drug-likeness (QED) is 0.691. The molecule has 0 aliphatic carbocycles. The van der Waals surface area contributed by atoms with E-state index < -0.39 is 17.7 Å². The Labute approximate surface area is 140 Å². The number of hydrogen-bond acceptors (Lipinski definition) is 4. The SMILES string of the molecule is FC(F)(F)c1ccc2ccn(-c3cnccn3)c2c1.O=C(O)CS. The monoisotopic (exact) mass is 355 g/mol. The van der Waals surface area contributed by atoms with Gasteiger partial charge in [-0.25, -0.2) is 4.98 Å². The van der Waals surface area contributed by atoms with Crippen LogP contribution in [0.25, 0.3) is 16.7 Å². The van der Waals surface area contributed by atoms with Gasteiger partial charge in [-0.15, -0.1) is 0 Å². The van der Waals surface area contributed by atoms with E-state index in [4.69, 9.17) is 5.11 Å². The molecule has 0 spiro atoms. The summed E-state index contributed by atoms with van der Waals surface area (Å²) in [6.45, 7) is 0. The van der Waals surface area contributed by atoms with Crippen LogP contribution in [-0.4, -0.2) is 31.4 Å². The molecule has 2 heterocycles. The van der Waals surface area contributed by atoms with E-state index in [9.17, 15) is 18.0 Å². The molecule has 0 atom stereocenters. The molecular formula is C15H12F3N3O2S. The minimum Gasteiger partial charge on any atom is -0.481 e. The largest absolute Gasteiger partial charge is 0.481 e. The lowest BCUT2D eigenvalue weighted by atomic mass is 10.1. The van der Waals surface area contributed by atoms with Crippen molar-refractivity contribution in [1.29, 1.82) is 0 Å². The Morgan fingerprint density at radius 1 is 1.25 bits per heavy atom. The van der Waals surface area contributed by atoms with Gasteiger partial charge in [0.15, 0.2) is 5.82 Å². The topological polar surface area (TPSA) is 68.0 Å². The van der Waals surface area contributed by atoms with Crippen LogP contribution in [0.1, 0.15) is 5.56 Å². The summed E-state index contributed by atoms with van der Waals surface area (Å²) in [6, 6.07) is 5.38. The van der Waals surface area contributed by atoms with Crippen molar-refractivity contribution in [3.8, 4) is 5.82 Å². The summed E-state index contributed by atoms with van der Waals surface area (Å²) in [5, 5.41) is 8.37. The van der Waals surface area contributed by atoms with Crippen LogP contribution in [0.15, 0.2) is 49.1 Å². The molecule has 126 valence electrons. The van der Waals surface area contributed by atoms with Crippen molar-refractivity contribution in [2.75, 3.05) is 5.75 Å². The average Bonchev–Trinajstić information content (AvgIpc) is 2.98. The highest BCUT2D eigenvalue weighted by molar-refractivity contribution is 7.81. The molecule has 0 aliphatic rings. The Morgan fingerprint density at radius 2 is 1.96 bits per heavy atom. The number of carbonyl (C=O) groups is 1. The highest BCUT2D eigenvalue weighted by Gasteiger charge is 2.30. The third-order valence-electron chi connectivity index (χ3n) is 2.95. The van der Waals surface area contributed by atoms with E-state index in [1.165, 1.54) is 24.7 Å². The van der Waals surface area contributed by atoms with E-state index in [1.807, 2.05) is 0 Å². The van der Waals surface area contributed by atoms with Gasteiger partial charge in [-0.1, -0.05) is 6.07 Å². The summed E-state index contributed by atoms with van der Waals surface area (Å²) in [4.78, 5) is 17.3. The zero-order valence-electron chi connectivity index (χ0n) is 12.1. The molecule has 0 radical (unpaired) electrons. The van der Waals surface area contributed by atoms with Gasteiger partial charge in [-0.05, 0) is 18.2 Å². The zero-order chi connectivity index (χ0) is 17.7. The lowest BCUT2D eigenvalue weighted by Gasteiger charge is -2.08. The molecule has 0 saturated carbocycles. The smallest absolute Gasteiger partial charge is 0.416 e. The predicted octanol–water partition coefficient (Wildman–Crippen LogP) is 3.44. The van der Waals surface area contributed by atoms with Crippen molar-refractivity contribution in [3.63, 3.8) is 0 Å². The lowest BCUT2D eigenvalue weighted by Crippen LogP contribution is -2.05. The minimum absolute atomic E-state index is 0.0833. The fourth-order valence-corrected chi connectivity index (χ4v) is 1.92. The maximum absolute atomic E-state index is 12.7. The summed E-state index contributed by atoms with van der Waals surface area (Å²) >= 11 is 3.42. The van der Waals surface area contributed by atoms with E-state index in [1.54, 1.807) is 16.8 Å². The van der Waals surface area contributed by atoms with Crippen LogP contribution in [0, 0.1) is 0 Å². The molecule has 0 amide bonds.